The highest BCUT2D eigenvalue weighted by Crippen LogP contribution is 2.32. The second-order valence-corrected chi connectivity index (χ2v) is 8.40. The highest BCUT2D eigenvalue weighted by Gasteiger charge is 2.33. The van der Waals surface area contributed by atoms with Gasteiger partial charge in [0.25, 0.3) is 0 Å². The minimum absolute atomic E-state index is 0.553. The Labute approximate surface area is 137 Å². The molecule has 3 heterocycles. The molecule has 1 atom stereocenters. The van der Waals surface area contributed by atoms with Gasteiger partial charge in [-0.05, 0) is 70.2 Å². The van der Waals surface area contributed by atoms with Gasteiger partial charge in [0.1, 0.15) is 0 Å². The zero-order valence-electron chi connectivity index (χ0n) is 14.8. The molecule has 3 aliphatic heterocycles. The zero-order chi connectivity index (χ0) is 15.4. The first-order valence-corrected chi connectivity index (χ1v) is 9.47. The van der Waals surface area contributed by atoms with Gasteiger partial charge in [-0.3, -0.25) is 0 Å². The van der Waals surface area contributed by atoms with Gasteiger partial charge in [-0.15, -0.1) is 0 Å². The van der Waals surface area contributed by atoms with Crippen LogP contribution in [0.15, 0.2) is 0 Å². The second-order valence-electron chi connectivity index (χ2n) is 8.40. The quantitative estimate of drug-likeness (QED) is 0.846. The molecule has 0 bridgehead atoms. The van der Waals surface area contributed by atoms with E-state index in [1.807, 2.05) is 0 Å². The first-order valence-electron chi connectivity index (χ1n) is 9.47. The van der Waals surface area contributed by atoms with Gasteiger partial charge in [0, 0.05) is 39.3 Å². The summed E-state index contributed by atoms with van der Waals surface area (Å²) >= 11 is 0. The first-order chi connectivity index (χ1) is 10.6. The number of nitrogens with zero attached hydrogens (tertiary/aromatic N) is 3. The van der Waals surface area contributed by atoms with E-state index in [9.17, 15) is 0 Å². The van der Waals surface area contributed by atoms with Crippen molar-refractivity contribution in [3.05, 3.63) is 0 Å². The van der Waals surface area contributed by atoms with E-state index in [1.54, 1.807) is 0 Å². The van der Waals surface area contributed by atoms with E-state index in [1.165, 1.54) is 91.1 Å². The summed E-state index contributed by atoms with van der Waals surface area (Å²) in [6.07, 6.45) is 5.58. The molecule has 4 heteroatoms. The maximum atomic E-state index is 3.56. The fourth-order valence-electron chi connectivity index (χ4n) is 4.42. The van der Waals surface area contributed by atoms with Gasteiger partial charge in [-0.25, -0.2) is 0 Å². The van der Waals surface area contributed by atoms with E-state index in [4.69, 9.17) is 0 Å². The van der Waals surface area contributed by atoms with E-state index in [0.717, 1.165) is 5.92 Å². The van der Waals surface area contributed by atoms with Crippen molar-refractivity contribution in [2.75, 3.05) is 72.5 Å². The molecule has 3 aliphatic rings. The monoisotopic (exact) mass is 308 g/mol. The summed E-state index contributed by atoms with van der Waals surface area (Å²) in [5.41, 5.74) is 0.553. The third-order valence-electron chi connectivity index (χ3n) is 6.18. The number of likely N-dealkylation sites (N-methyl/N-ethyl adjacent to an activating group) is 1. The van der Waals surface area contributed by atoms with Crippen molar-refractivity contribution in [1.29, 1.82) is 0 Å². The predicted octanol–water partition coefficient (Wildman–Crippen LogP) is 1.34. The summed E-state index contributed by atoms with van der Waals surface area (Å²) in [6.45, 7) is 15.3. The van der Waals surface area contributed by atoms with Crippen LogP contribution in [0.5, 0.6) is 0 Å². The lowest BCUT2D eigenvalue weighted by Crippen LogP contribution is -2.51. The predicted molar refractivity (Wildman–Crippen MR) is 93.3 cm³/mol. The highest BCUT2D eigenvalue weighted by molar-refractivity contribution is 4.87. The van der Waals surface area contributed by atoms with Gasteiger partial charge in [0.05, 0.1) is 0 Å². The molecule has 22 heavy (non-hydrogen) atoms. The number of piperidine rings is 2. The summed E-state index contributed by atoms with van der Waals surface area (Å²) in [6, 6.07) is 0. The molecule has 0 saturated carbocycles. The Balaban J connectivity index is 1.40. The largest absolute Gasteiger partial charge is 0.316 e. The number of piperazine rings is 1. The van der Waals surface area contributed by atoms with Gasteiger partial charge in [-0.2, -0.15) is 0 Å². The lowest BCUT2D eigenvalue weighted by molar-refractivity contribution is 0.0478. The summed E-state index contributed by atoms with van der Waals surface area (Å²) < 4.78 is 0. The molecular formula is C18H36N4. The number of hydrogen-bond donors (Lipinski definition) is 1. The van der Waals surface area contributed by atoms with Gasteiger partial charge in [-0.1, -0.05) is 6.92 Å². The van der Waals surface area contributed by atoms with E-state index >= 15 is 0 Å². The van der Waals surface area contributed by atoms with Gasteiger partial charge in [0.2, 0.25) is 0 Å². The fourth-order valence-corrected chi connectivity index (χ4v) is 4.42. The molecule has 3 fully saturated rings. The topological polar surface area (TPSA) is 21.8 Å². The maximum absolute atomic E-state index is 3.56. The molecule has 0 aromatic carbocycles. The smallest absolute Gasteiger partial charge is 0.0110 e. The van der Waals surface area contributed by atoms with Crippen LogP contribution in [0, 0.1) is 11.3 Å². The Morgan fingerprint density at radius 2 is 1.73 bits per heavy atom. The second kappa shape index (κ2) is 7.61. The van der Waals surface area contributed by atoms with E-state index in [-0.39, 0.29) is 0 Å². The average Bonchev–Trinajstić information content (AvgIpc) is 2.53. The number of rotatable bonds is 4. The van der Waals surface area contributed by atoms with Crippen LogP contribution in [0.25, 0.3) is 0 Å². The molecule has 0 amide bonds. The Morgan fingerprint density at radius 3 is 2.36 bits per heavy atom. The van der Waals surface area contributed by atoms with Crippen molar-refractivity contribution in [2.45, 2.75) is 32.6 Å². The van der Waals surface area contributed by atoms with Crippen molar-refractivity contribution in [3.63, 3.8) is 0 Å². The van der Waals surface area contributed by atoms with Crippen molar-refractivity contribution < 1.29 is 0 Å². The summed E-state index contributed by atoms with van der Waals surface area (Å²) in [7, 11) is 2.25. The Kier molecular flexibility index (Phi) is 5.77. The van der Waals surface area contributed by atoms with E-state index in [0.29, 0.717) is 5.41 Å². The lowest BCUT2D eigenvalue weighted by Gasteiger charge is -2.44. The van der Waals surface area contributed by atoms with Crippen LogP contribution in [-0.2, 0) is 0 Å². The Hall–Kier alpha value is -0.160. The SMILES string of the molecule is CN1CCN(CC2(C)CCN(CC3CCCNC3)CC2)CC1. The normalized spacial score (nSPS) is 32.2. The van der Waals surface area contributed by atoms with Crippen molar-refractivity contribution in [2.24, 2.45) is 11.3 Å². The van der Waals surface area contributed by atoms with Gasteiger partial charge < -0.3 is 20.0 Å². The minimum Gasteiger partial charge on any atom is -0.316 e. The fraction of sp³-hybridized carbons (Fsp3) is 1.00. The summed E-state index contributed by atoms with van der Waals surface area (Å²) in [5, 5.41) is 3.56. The van der Waals surface area contributed by atoms with E-state index in [2.05, 4.69) is 34.0 Å². The molecule has 128 valence electrons. The molecule has 0 aliphatic carbocycles. The maximum Gasteiger partial charge on any atom is 0.0110 e. The van der Waals surface area contributed by atoms with Crippen LogP contribution in [0.3, 0.4) is 0 Å². The zero-order valence-corrected chi connectivity index (χ0v) is 14.8. The molecular weight excluding hydrogens is 272 g/mol. The molecule has 0 aromatic rings. The number of nitrogens with one attached hydrogen (secondary N) is 1. The highest BCUT2D eigenvalue weighted by atomic mass is 15.2. The standard InChI is InChI=1S/C18H36N4/c1-18(16-22-12-10-20(2)11-13-22)5-8-21(9-6-18)15-17-4-3-7-19-14-17/h17,19H,3-16H2,1-2H3. The molecule has 3 saturated heterocycles. The molecule has 3 rings (SSSR count). The number of hydrogen-bond acceptors (Lipinski definition) is 4. The van der Waals surface area contributed by atoms with Crippen molar-refractivity contribution in [3.8, 4) is 0 Å². The third kappa shape index (κ3) is 4.67. The molecule has 1 unspecified atom stereocenters. The molecule has 0 aromatic heterocycles. The molecule has 0 radical (unpaired) electrons. The van der Waals surface area contributed by atoms with Crippen LogP contribution >= 0.6 is 0 Å². The van der Waals surface area contributed by atoms with Crippen molar-refractivity contribution >= 4 is 0 Å². The van der Waals surface area contributed by atoms with Gasteiger partial charge in [0.15, 0.2) is 0 Å². The first kappa shape index (κ1) is 16.7. The molecule has 1 N–H and O–H groups in total. The average molecular weight is 309 g/mol. The Bertz CT molecular complexity index is 324. The van der Waals surface area contributed by atoms with Crippen LogP contribution < -0.4 is 5.32 Å². The van der Waals surface area contributed by atoms with Crippen molar-refractivity contribution in [1.82, 2.24) is 20.0 Å². The van der Waals surface area contributed by atoms with Crippen LogP contribution in [0.4, 0.5) is 0 Å². The lowest BCUT2D eigenvalue weighted by atomic mass is 9.79. The third-order valence-corrected chi connectivity index (χ3v) is 6.18. The van der Waals surface area contributed by atoms with E-state index < -0.39 is 0 Å². The minimum atomic E-state index is 0.553. The summed E-state index contributed by atoms with van der Waals surface area (Å²) in [4.78, 5) is 7.91. The summed E-state index contributed by atoms with van der Waals surface area (Å²) in [5.74, 6) is 0.899. The molecule has 4 nitrogen and oxygen atoms in total. The molecule has 0 spiro atoms. The van der Waals surface area contributed by atoms with Gasteiger partial charge >= 0.3 is 0 Å². The van der Waals surface area contributed by atoms with Crippen LogP contribution in [0.2, 0.25) is 0 Å². The van der Waals surface area contributed by atoms with Crippen LogP contribution in [-0.4, -0.2) is 87.2 Å². The van der Waals surface area contributed by atoms with Crippen LogP contribution in [0.1, 0.15) is 32.6 Å². The Morgan fingerprint density at radius 1 is 1.00 bits per heavy atom. The number of likely N-dealkylation sites (tertiary alicyclic amines) is 1.